The van der Waals surface area contributed by atoms with Gasteiger partial charge in [-0.05, 0) is 18.4 Å². The van der Waals surface area contributed by atoms with Crippen LogP contribution in [0.25, 0.3) is 0 Å². The van der Waals surface area contributed by atoms with Gasteiger partial charge in [0, 0.05) is 13.1 Å². The number of hydrogen-bond donors (Lipinski definition) is 1. The highest BCUT2D eigenvalue weighted by Crippen LogP contribution is 2.49. The summed E-state index contributed by atoms with van der Waals surface area (Å²) >= 11 is 0. The molecule has 1 aromatic rings. The molecule has 1 atom stereocenters. The SMILES string of the molecule is O=C(N1CCOC2(CNCCO2)C1)C1(c2ccccc2)CC1. The second-order valence-corrected chi connectivity index (χ2v) is 6.46. The number of carbonyl (C=O) groups excluding carboxylic acids is 1. The predicted octanol–water partition coefficient (Wildman–Crippen LogP) is 0.893. The van der Waals surface area contributed by atoms with Crippen molar-refractivity contribution in [2.24, 2.45) is 0 Å². The van der Waals surface area contributed by atoms with Gasteiger partial charge in [0.2, 0.25) is 5.91 Å². The van der Waals surface area contributed by atoms with Crippen LogP contribution in [0.3, 0.4) is 0 Å². The average Bonchev–Trinajstić information content (AvgIpc) is 3.38. The maximum Gasteiger partial charge on any atom is 0.233 e. The van der Waals surface area contributed by atoms with Gasteiger partial charge in [0.15, 0.2) is 5.79 Å². The Bertz CT molecular complexity index is 545. The lowest BCUT2D eigenvalue weighted by atomic mass is 9.94. The zero-order valence-electron chi connectivity index (χ0n) is 12.7. The first-order valence-corrected chi connectivity index (χ1v) is 8.08. The minimum absolute atomic E-state index is 0.232. The van der Waals surface area contributed by atoms with Crippen molar-refractivity contribution in [2.75, 3.05) is 39.4 Å². The third kappa shape index (κ3) is 2.33. The van der Waals surface area contributed by atoms with Crippen LogP contribution in [0, 0.1) is 0 Å². The molecule has 1 saturated carbocycles. The Hall–Kier alpha value is -1.43. The number of hydrogen-bond acceptors (Lipinski definition) is 4. The van der Waals surface area contributed by atoms with Crippen molar-refractivity contribution in [1.82, 2.24) is 10.2 Å². The molecule has 1 amide bonds. The minimum Gasteiger partial charge on any atom is -0.346 e. The molecular weight excluding hydrogens is 280 g/mol. The van der Waals surface area contributed by atoms with Gasteiger partial charge in [-0.25, -0.2) is 0 Å². The van der Waals surface area contributed by atoms with Crippen molar-refractivity contribution < 1.29 is 14.3 Å². The normalized spacial score (nSPS) is 30.3. The number of nitrogens with zero attached hydrogens (tertiary/aromatic N) is 1. The molecule has 2 heterocycles. The lowest BCUT2D eigenvalue weighted by molar-refractivity contribution is -0.271. The molecule has 1 aliphatic carbocycles. The van der Waals surface area contributed by atoms with Gasteiger partial charge in [-0.1, -0.05) is 30.3 Å². The second-order valence-electron chi connectivity index (χ2n) is 6.46. The molecule has 1 aromatic carbocycles. The molecule has 1 spiro atoms. The van der Waals surface area contributed by atoms with Gasteiger partial charge in [-0.15, -0.1) is 0 Å². The van der Waals surface area contributed by atoms with E-state index in [9.17, 15) is 4.79 Å². The predicted molar refractivity (Wildman–Crippen MR) is 81.4 cm³/mol. The first kappa shape index (κ1) is 14.2. The first-order chi connectivity index (χ1) is 10.7. The molecule has 0 bridgehead atoms. The van der Waals surface area contributed by atoms with Gasteiger partial charge < -0.3 is 19.7 Å². The molecule has 3 aliphatic rings. The molecule has 1 N–H and O–H groups in total. The van der Waals surface area contributed by atoms with Crippen LogP contribution < -0.4 is 5.32 Å². The van der Waals surface area contributed by atoms with Crippen LogP contribution in [0.2, 0.25) is 0 Å². The number of benzene rings is 1. The Morgan fingerprint density at radius 2 is 1.91 bits per heavy atom. The molecule has 2 aliphatic heterocycles. The molecule has 5 heteroatoms. The molecule has 0 aromatic heterocycles. The summed E-state index contributed by atoms with van der Waals surface area (Å²) in [5.41, 5.74) is 0.838. The second kappa shape index (κ2) is 5.33. The van der Waals surface area contributed by atoms with Crippen LogP contribution in [-0.2, 0) is 19.7 Å². The summed E-state index contributed by atoms with van der Waals surface area (Å²) in [6.07, 6.45) is 1.89. The molecule has 4 rings (SSSR count). The van der Waals surface area contributed by atoms with Crippen LogP contribution >= 0.6 is 0 Å². The lowest BCUT2D eigenvalue weighted by Gasteiger charge is -2.45. The van der Waals surface area contributed by atoms with Gasteiger partial charge in [0.1, 0.15) is 0 Å². The van der Waals surface area contributed by atoms with E-state index in [1.807, 2.05) is 23.1 Å². The van der Waals surface area contributed by atoms with E-state index in [0.717, 1.165) is 24.9 Å². The summed E-state index contributed by atoms with van der Waals surface area (Å²) in [4.78, 5) is 15.0. The van der Waals surface area contributed by atoms with Crippen molar-refractivity contribution in [3.63, 3.8) is 0 Å². The van der Waals surface area contributed by atoms with Crippen molar-refractivity contribution in [1.29, 1.82) is 0 Å². The van der Waals surface area contributed by atoms with E-state index in [1.54, 1.807) is 0 Å². The maximum absolute atomic E-state index is 13.1. The molecule has 5 nitrogen and oxygen atoms in total. The molecule has 1 unspecified atom stereocenters. The number of carbonyl (C=O) groups is 1. The van der Waals surface area contributed by atoms with Crippen molar-refractivity contribution >= 4 is 5.91 Å². The van der Waals surface area contributed by atoms with Crippen molar-refractivity contribution in [3.05, 3.63) is 35.9 Å². The average molecular weight is 302 g/mol. The fraction of sp³-hybridized carbons (Fsp3) is 0.588. The third-order valence-electron chi connectivity index (χ3n) is 4.97. The number of nitrogens with one attached hydrogen (secondary N) is 1. The van der Waals surface area contributed by atoms with Crippen molar-refractivity contribution in [2.45, 2.75) is 24.0 Å². The highest BCUT2D eigenvalue weighted by atomic mass is 16.7. The molecule has 22 heavy (non-hydrogen) atoms. The molecular formula is C17H22N2O3. The third-order valence-corrected chi connectivity index (χ3v) is 4.97. The van der Waals surface area contributed by atoms with Gasteiger partial charge in [0.25, 0.3) is 0 Å². The Balaban J connectivity index is 1.53. The van der Waals surface area contributed by atoms with Crippen LogP contribution in [0.5, 0.6) is 0 Å². The molecule has 0 radical (unpaired) electrons. The first-order valence-electron chi connectivity index (χ1n) is 8.08. The van der Waals surface area contributed by atoms with E-state index < -0.39 is 5.79 Å². The highest BCUT2D eigenvalue weighted by Gasteiger charge is 2.54. The summed E-state index contributed by atoms with van der Waals surface area (Å²) in [7, 11) is 0. The van der Waals surface area contributed by atoms with Crippen LogP contribution in [-0.4, -0.2) is 56.0 Å². The standard InChI is InChI=1S/C17H22N2O3/c20-15(16(6-7-16)14-4-2-1-3-5-14)19-9-11-22-17(13-19)12-18-8-10-21-17/h1-5,18H,6-13H2. The number of amides is 1. The summed E-state index contributed by atoms with van der Waals surface area (Å²) in [6, 6.07) is 10.2. The summed E-state index contributed by atoms with van der Waals surface area (Å²) in [5.74, 6) is -0.422. The largest absolute Gasteiger partial charge is 0.346 e. The summed E-state index contributed by atoms with van der Waals surface area (Å²) < 4.78 is 11.7. The number of ether oxygens (including phenoxy) is 2. The van der Waals surface area contributed by atoms with Gasteiger partial charge in [0.05, 0.1) is 31.7 Å². The Morgan fingerprint density at radius 3 is 2.59 bits per heavy atom. The minimum atomic E-state index is -0.654. The van der Waals surface area contributed by atoms with E-state index in [0.29, 0.717) is 32.8 Å². The highest BCUT2D eigenvalue weighted by molar-refractivity contribution is 5.91. The van der Waals surface area contributed by atoms with E-state index in [4.69, 9.17) is 9.47 Å². The van der Waals surface area contributed by atoms with Gasteiger partial charge in [-0.2, -0.15) is 0 Å². The van der Waals surface area contributed by atoms with Crippen LogP contribution in [0.1, 0.15) is 18.4 Å². The summed E-state index contributed by atoms with van der Waals surface area (Å²) in [6.45, 7) is 3.83. The number of morpholine rings is 2. The topological polar surface area (TPSA) is 50.8 Å². The van der Waals surface area contributed by atoms with E-state index >= 15 is 0 Å². The van der Waals surface area contributed by atoms with Crippen LogP contribution in [0.15, 0.2) is 30.3 Å². The maximum atomic E-state index is 13.1. The number of rotatable bonds is 2. The fourth-order valence-electron chi connectivity index (χ4n) is 3.57. The van der Waals surface area contributed by atoms with E-state index in [1.165, 1.54) is 0 Å². The van der Waals surface area contributed by atoms with E-state index in [2.05, 4.69) is 17.4 Å². The Kier molecular flexibility index (Phi) is 3.44. The molecule has 118 valence electrons. The monoisotopic (exact) mass is 302 g/mol. The smallest absolute Gasteiger partial charge is 0.233 e. The van der Waals surface area contributed by atoms with Gasteiger partial charge in [-0.3, -0.25) is 4.79 Å². The summed E-state index contributed by atoms with van der Waals surface area (Å²) in [5, 5.41) is 3.30. The Labute approximate surface area is 130 Å². The lowest BCUT2D eigenvalue weighted by Crippen LogP contribution is -2.63. The molecule has 2 saturated heterocycles. The molecule has 3 fully saturated rings. The fourth-order valence-corrected chi connectivity index (χ4v) is 3.57. The quantitative estimate of drug-likeness (QED) is 0.882. The zero-order chi connectivity index (χ0) is 15.0. The van der Waals surface area contributed by atoms with Gasteiger partial charge >= 0.3 is 0 Å². The van der Waals surface area contributed by atoms with E-state index in [-0.39, 0.29) is 11.3 Å². The Morgan fingerprint density at radius 1 is 1.14 bits per heavy atom. The van der Waals surface area contributed by atoms with Crippen molar-refractivity contribution in [3.8, 4) is 0 Å². The van der Waals surface area contributed by atoms with Crippen LogP contribution in [0.4, 0.5) is 0 Å². The zero-order valence-corrected chi connectivity index (χ0v) is 12.7.